The number of rotatable bonds is 6. The predicted octanol–water partition coefficient (Wildman–Crippen LogP) is 1.53. The second-order valence-corrected chi connectivity index (χ2v) is 6.20. The van der Waals surface area contributed by atoms with E-state index >= 15 is 0 Å². The van der Waals surface area contributed by atoms with Crippen LogP contribution in [0.5, 0.6) is 5.75 Å². The van der Waals surface area contributed by atoms with Gasteiger partial charge in [0.25, 0.3) is 0 Å². The number of hydrogen-bond donors (Lipinski definition) is 0. The number of ether oxygens (including phenoxy) is 2. The molecule has 134 valence electrons. The molecular formula is C18H24N4O3. The maximum atomic E-state index is 12.8. The van der Waals surface area contributed by atoms with Gasteiger partial charge in [-0.2, -0.15) is 0 Å². The molecule has 7 nitrogen and oxygen atoms in total. The Hall–Kier alpha value is -2.41. The molecule has 0 saturated carbocycles. The fraction of sp³-hybridized carbons (Fsp3) is 0.500. The summed E-state index contributed by atoms with van der Waals surface area (Å²) in [7, 11) is 5.17. The lowest BCUT2D eigenvalue weighted by molar-refractivity contribution is -0.135. The first-order valence-electron chi connectivity index (χ1n) is 8.43. The predicted molar refractivity (Wildman–Crippen MR) is 92.4 cm³/mol. The first-order valence-corrected chi connectivity index (χ1v) is 8.43. The summed E-state index contributed by atoms with van der Waals surface area (Å²) in [6.45, 7) is 1.09. The van der Waals surface area contributed by atoms with Crippen LogP contribution in [0.25, 0.3) is 0 Å². The van der Waals surface area contributed by atoms with Crippen molar-refractivity contribution in [2.24, 2.45) is 7.05 Å². The lowest BCUT2D eigenvalue weighted by atomic mass is 10.0. The van der Waals surface area contributed by atoms with E-state index in [0.717, 1.165) is 29.1 Å². The standard InChI is InChI=1S/C18H24N4O3/c1-21-15-9-10-22(16(12-24-2)18(15)19-20-21)17(23)8-7-13-5-4-6-14(11-13)25-3/h4-6,11,16H,7-10,12H2,1-3H3/t16-/m0/s1. The average molecular weight is 344 g/mol. The molecule has 0 spiro atoms. The van der Waals surface area contributed by atoms with Gasteiger partial charge in [0.1, 0.15) is 17.5 Å². The van der Waals surface area contributed by atoms with E-state index < -0.39 is 0 Å². The lowest BCUT2D eigenvalue weighted by Crippen LogP contribution is -2.42. The SMILES string of the molecule is COC[C@H]1c2nnn(C)c2CCN1C(=O)CCc1cccc(OC)c1. The minimum atomic E-state index is -0.166. The summed E-state index contributed by atoms with van der Waals surface area (Å²) in [5.41, 5.74) is 3.03. The third-order valence-corrected chi connectivity index (χ3v) is 4.66. The van der Waals surface area contributed by atoms with E-state index in [1.54, 1.807) is 18.9 Å². The number of fused-ring (bicyclic) bond motifs is 1. The second-order valence-electron chi connectivity index (χ2n) is 6.20. The van der Waals surface area contributed by atoms with Gasteiger partial charge in [0.15, 0.2) is 0 Å². The van der Waals surface area contributed by atoms with Crippen LogP contribution in [0.2, 0.25) is 0 Å². The van der Waals surface area contributed by atoms with Gasteiger partial charge in [-0.05, 0) is 24.1 Å². The van der Waals surface area contributed by atoms with Gasteiger partial charge in [0.2, 0.25) is 5.91 Å². The molecule has 0 radical (unpaired) electrons. The molecule has 1 atom stereocenters. The van der Waals surface area contributed by atoms with Crippen LogP contribution < -0.4 is 4.74 Å². The molecule has 7 heteroatoms. The maximum Gasteiger partial charge on any atom is 0.223 e. The smallest absolute Gasteiger partial charge is 0.223 e. The van der Waals surface area contributed by atoms with Crippen molar-refractivity contribution in [1.29, 1.82) is 0 Å². The molecule has 2 aromatic rings. The van der Waals surface area contributed by atoms with Crippen molar-refractivity contribution in [3.63, 3.8) is 0 Å². The van der Waals surface area contributed by atoms with Gasteiger partial charge in [-0.3, -0.25) is 9.48 Å². The third kappa shape index (κ3) is 3.66. The maximum absolute atomic E-state index is 12.8. The Morgan fingerprint density at radius 2 is 2.20 bits per heavy atom. The van der Waals surface area contributed by atoms with Gasteiger partial charge in [0, 0.05) is 33.5 Å². The highest BCUT2D eigenvalue weighted by molar-refractivity contribution is 5.77. The van der Waals surface area contributed by atoms with Crippen molar-refractivity contribution in [1.82, 2.24) is 19.9 Å². The van der Waals surface area contributed by atoms with E-state index in [4.69, 9.17) is 9.47 Å². The molecule has 0 bridgehead atoms. The van der Waals surface area contributed by atoms with Crippen LogP contribution in [-0.2, 0) is 29.4 Å². The highest BCUT2D eigenvalue weighted by Gasteiger charge is 2.34. The van der Waals surface area contributed by atoms with Crippen molar-refractivity contribution in [3.05, 3.63) is 41.2 Å². The van der Waals surface area contributed by atoms with E-state index in [9.17, 15) is 4.79 Å². The molecule has 1 aliphatic heterocycles. The molecule has 0 N–H and O–H groups in total. The van der Waals surface area contributed by atoms with E-state index in [-0.39, 0.29) is 11.9 Å². The number of nitrogens with zero attached hydrogens (tertiary/aromatic N) is 4. The van der Waals surface area contributed by atoms with Crippen LogP contribution in [0.15, 0.2) is 24.3 Å². The zero-order chi connectivity index (χ0) is 17.8. The highest BCUT2D eigenvalue weighted by Crippen LogP contribution is 2.28. The molecule has 0 fully saturated rings. The zero-order valence-corrected chi connectivity index (χ0v) is 14.9. The lowest BCUT2D eigenvalue weighted by Gasteiger charge is -2.34. The van der Waals surface area contributed by atoms with Gasteiger partial charge in [-0.1, -0.05) is 17.3 Å². The monoisotopic (exact) mass is 344 g/mol. The fourth-order valence-corrected chi connectivity index (χ4v) is 3.32. The molecule has 3 rings (SSSR count). The normalized spacial score (nSPS) is 16.6. The third-order valence-electron chi connectivity index (χ3n) is 4.66. The number of benzene rings is 1. The molecule has 2 heterocycles. The van der Waals surface area contributed by atoms with E-state index in [1.165, 1.54) is 0 Å². The van der Waals surface area contributed by atoms with Gasteiger partial charge >= 0.3 is 0 Å². The van der Waals surface area contributed by atoms with Crippen LogP contribution in [-0.4, -0.2) is 53.2 Å². The fourth-order valence-electron chi connectivity index (χ4n) is 3.32. The second kappa shape index (κ2) is 7.65. The highest BCUT2D eigenvalue weighted by atomic mass is 16.5. The molecular weight excluding hydrogens is 320 g/mol. The number of carbonyl (C=O) groups is 1. The van der Waals surface area contributed by atoms with Crippen molar-refractivity contribution >= 4 is 5.91 Å². The minimum Gasteiger partial charge on any atom is -0.497 e. The number of carbonyl (C=O) groups excluding carboxylic acids is 1. The molecule has 1 aromatic heterocycles. The Balaban J connectivity index is 1.70. The summed E-state index contributed by atoms with van der Waals surface area (Å²) in [4.78, 5) is 14.7. The molecule has 0 aliphatic carbocycles. The van der Waals surface area contributed by atoms with Gasteiger partial charge in [0.05, 0.1) is 19.4 Å². The number of hydrogen-bond acceptors (Lipinski definition) is 5. The average Bonchev–Trinajstić information content (AvgIpc) is 3.02. The Kier molecular flexibility index (Phi) is 5.33. The van der Waals surface area contributed by atoms with Crippen LogP contribution in [0.1, 0.15) is 29.4 Å². The minimum absolute atomic E-state index is 0.112. The van der Waals surface area contributed by atoms with E-state index in [1.807, 2.05) is 36.2 Å². The summed E-state index contributed by atoms with van der Waals surface area (Å²) >= 11 is 0. The van der Waals surface area contributed by atoms with E-state index in [2.05, 4.69) is 10.3 Å². The summed E-state index contributed by atoms with van der Waals surface area (Å²) in [5, 5.41) is 8.35. The Morgan fingerprint density at radius 3 is 2.96 bits per heavy atom. The van der Waals surface area contributed by atoms with Crippen LogP contribution in [0.4, 0.5) is 0 Å². The number of amides is 1. The van der Waals surface area contributed by atoms with Gasteiger partial charge < -0.3 is 14.4 Å². The van der Waals surface area contributed by atoms with Crippen molar-refractivity contribution in [2.45, 2.75) is 25.3 Å². The first kappa shape index (κ1) is 17.4. The summed E-state index contributed by atoms with van der Waals surface area (Å²) in [6, 6.07) is 7.66. The van der Waals surface area contributed by atoms with Crippen molar-refractivity contribution in [3.8, 4) is 5.75 Å². The molecule has 0 saturated heterocycles. The molecule has 0 unspecified atom stereocenters. The Bertz CT molecular complexity index is 744. The number of aromatic nitrogens is 3. The zero-order valence-electron chi connectivity index (χ0n) is 14.9. The van der Waals surface area contributed by atoms with Crippen molar-refractivity contribution in [2.75, 3.05) is 27.4 Å². The largest absolute Gasteiger partial charge is 0.497 e. The van der Waals surface area contributed by atoms with Crippen LogP contribution >= 0.6 is 0 Å². The van der Waals surface area contributed by atoms with Crippen molar-refractivity contribution < 1.29 is 14.3 Å². The molecule has 1 aliphatic rings. The molecule has 25 heavy (non-hydrogen) atoms. The summed E-state index contributed by atoms with van der Waals surface area (Å²) in [6.07, 6.45) is 1.90. The number of methoxy groups -OCH3 is 2. The van der Waals surface area contributed by atoms with Gasteiger partial charge in [-0.15, -0.1) is 5.10 Å². The molecule has 1 amide bonds. The van der Waals surface area contributed by atoms with E-state index in [0.29, 0.717) is 26.0 Å². The number of aryl methyl sites for hydroxylation is 2. The Labute approximate surface area is 147 Å². The summed E-state index contributed by atoms with van der Waals surface area (Å²) < 4.78 is 12.4. The van der Waals surface area contributed by atoms with Crippen LogP contribution in [0, 0.1) is 0 Å². The van der Waals surface area contributed by atoms with Crippen LogP contribution in [0.3, 0.4) is 0 Å². The molecule has 1 aromatic carbocycles. The van der Waals surface area contributed by atoms with Gasteiger partial charge in [-0.25, -0.2) is 0 Å². The summed E-state index contributed by atoms with van der Waals surface area (Å²) in [5.74, 6) is 0.922. The Morgan fingerprint density at radius 1 is 1.36 bits per heavy atom. The topological polar surface area (TPSA) is 69.5 Å². The quantitative estimate of drug-likeness (QED) is 0.795. The first-order chi connectivity index (χ1) is 12.1.